The largest absolute Gasteiger partial charge is 0.389 e. The first-order valence-electron chi connectivity index (χ1n) is 10.7. The zero-order valence-electron chi connectivity index (χ0n) is 19.9. The van der Waals surface area contributed by atoms with Crippen LogP contribution in [0.5, 0.6) is 0 Å². The number of carbonyl (C=O) groups excluding carboxylic acids is 1. The molecule has 0 radical (unpaired) electrons. The number of sulfonamides is 1. The van der Waals surface area contributed by atoms with E-state index in [-0.39, 0.29) is 23.8 Å². The Morgan fingerprint density at radius 2 is 1.97 bits per heavy atom. The molecule has 0 saturated carbocycles. The van der Waals surface area contributed by atoms with E-state index in [2.05, 4.69) is 14.8 Å². The maximum absolute atomic E-state index is 13.1. The molecule has 3 aromatic rings. The molecule has 1 aromatic heterocycles. The molecule has 1 heterocycles. The fourth-order valence-electron chi connectivity index (χ4n) is 3.27. The standard InChI is InChI=1S/C24H28ClN5O4S/c1-24(2,32)15-30-14-18(13-26-30)20-10-9-19(12-22(20)35(33,34)27-16-29(3)4)28-23(31)11-17-7-5-6-8-21(17)25/h5-10,12-14,16,32H,11,15H2,1-4H3,(H,28,31). The number of benzene rings is 2. The van der Waals surface area contributed by atoms with Crippen LogP contribution in [0.3, 0.4) is 0 Å². The Hall–Kier alpha value is -3.21. The van der Waals surface area contributed by atoms with Gasteiger partial charge in [0.1, 0.15) is 6.34 Å². The number of hydrogen-bond acceptors (Lipinski definition) is 5. The number of rotatable bonds is 9. The zero-order valence-corrected chi connectivity index (χ0v) is 21.5. The van der Waals surface area contributed by atoms with Gasteiger partial charge in [-0.05, 0) is 37.6 Å². The van der Waals surface area contributed by atoms with Gasteiger partial charge in [0.2, 0.25) is 5.91 Å². The molecule has 35 heavy (non-hydrogen) atoms. The van der Waals surface area contributed by atoms with E-state index in [1.807, 2.05) is 0 Å². The lowest BCUT2D eigenvalue weighted by molar-refractivity contribution is -0.115. The number of nitrogens with one attached hydrogen (secondary N) is 1. The summed E-state index contributed by atoms with van der Waals surface area (Å²) >= 11 is 6.14. The van der Waals surface area contributed by atoms with Gasteiger partial charge in [0.25, 0.3) is 10.0 Å². The molecule has 0 saturated heterocycles. The number of hydrogen-bond donors (Lipinski definition) is 2. The third-order valence-corrected chi connectivity index (χ3v) is 6.40. The summed E-state index contributed by atoms with van der Waals surface area (Å²) in [7, 11) is -0.798. The molecule has 0 aliphatic rings. The van der Waals surface area contributed by atoms with E-state index < -0.39 is 15.6 Å². The first-order valence-corrected chi connectivity index (χ1v) is 12.6. The van der Waals surface area contributed by atoms with E-state index >= 15 is 0 Å². The highest BCUT2D eigenvalue weighted by Gasteiger charge is 2.22. The number of nitrogens with zero attached hydrogens (tertiary/aromatic N) is 4. The zero-order chi connectivity index (χ0) is 25.8. The summed E-state index contributed by atoms with van der Waals surface area (Å²) in [5.41, 5.74) is 0.859. The van der Waals surface area contributed by atoms with Gasteiger partial charge in [-0.1, -0.05) is 35.9 Å². The molecule has 0 unspecified atom stereocenters. The van der Waals surface area contributed by atoms with Gasteiger partial charge in [-0.25, -0.2) is 0 Å². The number of carbonyl (C=O) groups is 1. The Labute approximate surface area is 210 Å². The molecule has 0 atom stereocenters. The highest BCUT2D eigenvalue weighted by molar-refractivity contribution is 7.90. The van der Waals surface area contributed by atoms with Crippen LogP contribution >= 0.6 is 11.6 Å². The van der Waals surface area contributed by atoms with Gasteiger partial charge in [-0.2, -0.15) is 13.5 Å². The van der Waals surface area contributed by atoms with E-state index in [9.17, 15) is 18.3 Å². The SMILES string of the molecule is CN(C)C=NS(=O)(=O)c1cc(NC(=O)Cc2ccccc2Cl)ccc1-c1cnn(CC(C)(C)O)c1. The van der Waals surface area contributed by atoms with E-state index in [1.54, 1.807) is 70.5 Å². The lowest BCUT2D eigenvalue weighted by Gasteiger charge is -2.16. The van der Waals surface area contributed by atoms with Gasteiger partial charge >= 0.3 is 0 Å². The average molecular weight is 518 g/mol. The average Bonchev–Trinajstić information content (AvgIpc) is 3.20. The van der Waals surface area contributed by atoms with Crippen LogP contribution in [0.25, 0.3) is 11.1 Å². The van der Waals surface area contributed by atoms with Crippen LogP contribution in [-0.4, -0.2) is 60.1 Å². The van der Waals surface area contributed by atoms with Crippen molar-refractivity contribution in [2.75, 3.05) is 19.4 Å². The quantitative estimate of drug-likeness (QED) is 0.332. The lowest BCUT2D eigenvalue weighted by atomic mass is 10.1. The number of halogens is 1. The van der Waals surface area contributed by atoms with Crippen LogP contribution in [0, 0.1) is 0 Å². The summed E-state index contributed by atoms with van der Waals surface area (Å²) in [6.07, 6.45) is 4.40. The third-order valence-electron chi connectivity index (χ3n) is 4.76. The maximum atomic E-state index is 13.1. The Morgan fingerprint density at radius 3 is 2.63 bits per heavy atom. The highest BCUT2D eigenvalue weighted by Crippen LogP contribution is 2.31. The monoisotopic (exact) mass is 517 g/mol. The van der Waals surface area contributed by atoms with Crippen molar-refractivity contribution in [2.24, 2.45) is 4.40 Å². The van der Waals surface area contributed by atoms with Crippen LogP contribution in [0.2, 0.25) is 5.02 Å². The molecule has 11 heteroatoms. The minimum atomic E-state index is -4.11. The van der Waals surface area contributed by atoms with Gasteiger partial charge in [0.15, 0.2) is 0 Å². The minimum absolute atomic E-state index is 0.0337. The van der Waals surface area contributed by atoms with E-state index in [1.165, 1.54) is 28.2 Å². The van der Waals surface area contributed by atoms with E-state index in [4.69, 9.17) is 11.6 Å². The molecule has 2 N–H and O–H groups in total. The fraction of sp³-hybridized carbons (Fsp3) is 0.292. The van der Waals surface area contributed by atoms with Crippen molar-refractivity contribution in [1.29, 1.82) is 0 Å². The Morgan fingerprint density at radius 1 is 1.26 bits per heavy atom. The smallest absolute Gasteiger partial charge is 0.284 e. The summed E-state index contributed by atoms with van der Waals surface area (Å²) in [6, 6.07) is 11.6. The summed E-state index contributed by atoms with van der Waals surface area (Å²) in [5.74, 6) is -0.344. The van der Waals surface area contributed by atoms with Gasteiger partial charge in [-0.15, -0.1) is 4.40 Å². The summed E-state index contributed by atoms with van der Waals surface area (Å²) in [6.45, 7) is 3.53. The van der Waals surface area contributed by atoms with Crippen LogP contribution < -0.4 is 5.32 Å². The second-order valence-corrected chi connectivity index (χ2v) is 10.9. The van der Waals surface area contributed by atoms with Crippen LogP contribution in [0.15, 0.2) is 64.2 Å². The van der Waals surface area contributed by atoms with Crippen molar-refractivity contribution < 1.29 is 18.3 Å². The van der Waals surface area contributed by atoms with Crippen LogP contribution in [-0.2, 0) is 27.8 Å². The first-order chi connectivity index (χ1) is 16.3. The number of aromatic nitrogens is 2. The Balaban J connectivity index is 1.97. The molecular formula is C24H28ClN5O4S. The summed E-state index contributed by atoms with van der Waals surface area (Å²) in [5, 5.41) is 17.5. The summed E-state index contributed by atoms with van der Waals surface area (Å²) in [4.78, 5) is 14.0. The van der Waals surface area contributed by atoms with E-state index in [0.29, 0.717) is 27.4 Å². The predicted molar refractivity (Wildman–Crippen MR) is 137 cm³/mol. The molecular weight excluding hydrogens is 490 g/mol. The highest BCUT2D eigenvalue weighted by atomic mass is 35.5. The van der Waals surface area contributed by atoms with Gasteiger partial charge < -0.3 is 15.3 Å². The fourth-order valence-corrected chi connectivity index (χ4v) is 4.64. The van der Waals surface area contributed by atoms with Crippen molar-refractivity contribution >= 4 is 39.6 Å². The molecule has 186 valence electrons. The van der Waals surface area contributed by atoms with Crippen molar-refractivity contribution in [1.82, 2.24) is 14.7 Å². The topological polar surface area (TPSA) is 117 Å². The molecule has 0 spiro atoms. The number of aliphatic hydroxyl groups is 1. The van der Waals surface area contributed by atoms with Gasteiger partial charge in [-0.3, -0.25) is 9.48 Å². The third kappa shape index (κ3) is 7.38. The van der Waals surface area contributed by atoms with Crippen LogP contribution in [0.1, 0.15) is 19.4 Å². The molecule has 3 rings (SSSR count). The number of amides is 1. The Bertz CT molecular complexity index is 1340. The van der Waals surface area contributed by atoms with E-state index in [0.717, 1.165) is 0 Å². The molecule has 2 aromatic carbocycles. The molecule has 1 amide bonds. The second-order valence-electron chi connectivity index (χ2n) is 8.93. The minimum Gasteiger partial charge on any atom is -0.389 e. The van der Waals surface area contributed by atoms with Crippen LogP contribution in [0.4, 0.5) is 5.69 Å². The molecule has 0 aliphatic heterocycles. The van der Waals surface area contributed by atoms with Gasteiger partial charge in [0.05, 0.1) is 29.7 Å². The van der Waals surface area contributed by atoms with Gasteiger partial charge in [0, 0.05) is 42.1 Å². The van der Waals surface area contributed by atoms with Crippen molar-refractivity contribution in [3.8, 4) is 11.1 Å². The molecule has 0 bridgehead atoms. The molecule has 9 nitrogen and oxygen atoms in total. The second kappa shape index (κ2) is 10.6. The van der Waals surface area contributed by atoms with Crippen molar-refractivity contribution in [3.05, 3.63) is 65.4 Å². The van der Waals surface area contributed by atoms with Crippen molar-refractivity contribution in [3.63, 3.8) is 0 Å². The first kappa shape index (κ1) is 26.4. The maximum Gasteiger partial charge on any atom is 0.284 e. The lowest BCUT2D eigenvalue weighted by Crippen LogP contribution is -2.26. The summed E-state index contributed by atoms with van der Waals surface area (Å²) < 4.78 is 31.5. The number of anilines is 1. The predicted octanol–water partition coefficient (Wildman–Crippen LogP) is 3.43. The molecule has 0 fully saturated rings. The normalized spacial score (nSPS) is 12.2. The van der Waals surface area contributed by atoms with Crippen molar-refractivity contribution in [2.45, 2.75) is 37.3 Å². The molecule has 0 aliphatic carbocycles. The Kier molecular flexibility index (Phi) is 7.99.